The molecule has 18 heavy (non-hydrogen) atoms. The number of hydrogen-bond donors (Lipinski definition) is 1. The third-order valence-electron chi connectivity index (χ3n) is 2.97. The molecular weight excluding hydrogens is 267 g/mol. The zero-order valence-corrected chi connectivity index (χ0v) is 11.8. The minimum atomic E-state index is -0.0556. The molecule has 2 aromatic rings. The highest BCUT2D eigenvalue weighted by molar-refractivity contribution is 6.36. The van der Waals surface area contributed by atoms with Gasteiger partial charge in [-0.25, -0.2) is 0 Å². The number of halogens is 2. The molecule has 0 amide bonds. The maximum atomic E-state index is 6.26. The van der Waals surface area contributed by atoms with Crippen molar-refractivity contribution in [3.63, 3.8) is 0 Å². The summed E-state index contributed by atoms with van der Waals surface area (Å²) in [6, 6.07) is 7.46. The second kappa shape index (κ2) is 5.70. The van der Waals surface area contributed by atoms with Crippen LogP contribution in [-0.2, 0) is 0 Å². The molecule has 1 atom stereocenters. The van der Waals surface area contributed by atoms with Gasteiger partial charge in [0.25, 0.3) is 0 Å². The van der Waals surface area contributed by atoms with Crippen LogP contribution >= 0.6 is 23.2 Å². The van der Waals surface area contributed by atoms with E-state index in [1.807, 2.05) is 44.4 Å². The second-order valence-corrected chi connectivity index (χ2v) is 4.90. The van der Waals surface area contributed by atoms with Gasteiger partial charge in [0.05, 0.1) is 6.04 Å². The molecule has 0 aliphatic carbocycles. The van der Waals surface area contributed by atoms with E-state index in [1.54, 1.807) is 6.20 Å². The van der Waals surface area contributed by atoms with Gasteiger partial charge >= 0.3 is 0 Å². The topological polar surface area (TPSA) is 24.9 Å². The van der Waals surface area contributed by atoms with Crippen molar-refractivity contribution in [3.8, 4) is 0 Å². The van der Waals surface area contributed by atoms with Crippen LogP contribution in [0.25, 0.3) is 0 Å². The zero-order chi connectivity index (χ0) is 13.1. The highest BCUT2D eigenvalue weighted by atomic mass is 35.5. The molecular formula is C14H14Cl2N2. The van der Waals surface area contributed by atoms with Crippen LogP contribution in [0.2, 0.25) is 10.0 Å². The molecule has 0 fully saturated rings. The highest BCUT2D eigenvalue weighted by Crippen LogP contribution is 2.34. The normalized spacial score (nSPS) is 12.4. The number of pyridine rings is 1. The van der Waals surface area contributed by atoms with E-state index in [1.165, 1.54) is 0 Å². The minimum absolute atomic E-state index is 0.0556. The zero-order valence-electron chi connectivity index (χ0n) is 10.2. The number of rotatable bonds is 3. The molecule has 1 N–H and O–H groups in total. The first-order valence-electron chi connectivity index (χ1n) is 5.67. The molecule has 2 rings (SSSR count). The van der Waals surface area contributed by atoms with Crippen molar-refractivity contribution in [3.05, 3.63) is 63.4 Å². The molecule has 0 aliphatic rings. The fourth-order valence-corrected chi connectivity index (χ4v) is 2.64. The summed E-state index contributed by atoms with van der Waals surface area (Å²) in [6.45, 7) is 2.05. The van der Waals surface area contributed by atoms with Crippen LogP contribution in [0.15, 0.2) is 36.7 Å². The Balaban J connectivity index is 2.56. The van der Waals surface area contributed by atoms with E-state index in [4.69, 9.17) is 23.2 Å². The summed E-state index contributed by atoms with van der Waals surface area (Å²) < 4.78 is 0. The lowest BCUT2D eigenvalue weighted by Gasteiger charge is -2.21. The maximum Gasteiger partial charge on any atom is 0.0621 e. The lowest BCUT2D eigenvalue weighted by atomic mass is 9.97. The van der Waals surface area contributed by atoms with Gasteiger partial charge < -0.3 is 5.32 Å². The smallest absolute Gasteiger partial charge is 0.0621 e. The van der Waals surface area contributed by atoms with Gasteiger partial charge in [0.15, 0.2) is 0 Å². The van der Waals surface area contributed by atoms with Crippen molar-refractivity contribution in [1.82, 2.24) is 10.3 Å². The van der Waals surface area contributed by atoms with Crippen molar-refractivity contribution in [2.45, 2.75) is 13.0 Å². The van der Waals surface area contributed by atoms with Crippen LogP contribution in [0.3, 0.4) is 0 Å². The quantitative estimate of drug-likeness (QED) is 0.919. The van der Waals surface area contributed by atoms with Crippen LogP contribution in [0, 0.1) is 6.92 Å². The third-order valence-corrected chi connectivity index (χ3v) is 3.63. The number of aromatic nitrogens is 1. The Bertz CT molecular complexity index is 535. The Morgan fingerprint density at radius 3 is 2.39 bits per heavy atom. The molecule has 0 radical (unpaired) electrons. The third kappa shape index (κ3) is 2.51. The van der Waals surface area contributed by atoms with E-state index in [-0.39, 0.29) is 6.04 Å². The average molecular weight is 281 g/mol. The van der Waals surface area contributed by atoms with Crippen LogP contribution in [0.1, 0.15) is 22.7 Å². The van der Waals surface area contributed by atoms with Gasteiger partial charge in [-0.15, -0.1) is 0 Å². The Labute approximate surface area is 117 Å². The Kier molecular flexibility index (Phi) is 4.23. The summed E-state index contributed by atoms with van der Waals surface area (Å²) in [5.74, 6) is 0. The van der Waals surface area contributed by atoms with E-state index in [0.29, 0.717) is 10.0 Å². The van der Waals surface area contributed by atoms with Crippen molar-refractivity contribution >= 4 is 23.2 Å². The van der Waals surface area contributed by atoms with E-state index in [0.717, 1.165) is 16.7 Å². The average Bonchev–Trinajstić information content (AvgIpc) is 2.35. The number of nitrogens with zero attached hydrogens (tertiary/aromatic N) is 1. The first kappa shape index (κ1) is 13.3. The molecule has 1 unspecified atom stereocenters. The van der Waals surface area contributed by atoms with Crippen LogP contribution < -0.4 is 5.32 Å². The molecule has 0 saturated heterocycles. The predicted molar refractivity (Wildman–Crippen MR) is 76.3 cm³/mol. The van der Waals surface area contributed by atoms with Crippen LogP contribution in [0.4, 0.5) is 0 Å². The Morgan fingerprint density at radius 2 is 1.83 bits per heavy atom. The summed E-state index contributed by atoms with van der Waals surface area (Å²) in [7, 11) is 1.89. The molecule has 1 heterocycles. The molecule has 2 nitrogen and oxygen atoms in total. The summed E-state index contributed by atoms with van der Waals surface area (Å²) >= 11 is 12.5. The standard InChI is InChI=1S/C14H14Cl2N2/c1-9-6-7-18-8-10(9)14(17-2)13-11(15)4-3-5-12(13)16/h3-8,14,17H,1-2H3. The summed E-state index contributed by atoms with van der Waals surface area (Å²) in [6.07, 6.45) is 3.62. The SMILES string of the molecule is CNC(c1cnccc1C)c1c(Cl)cccc1Cl. The molecule has 94 valence electrons. The van der Waals surface area contributed by atoms with E-state index < -0.39 is 0 Å². The lowest BCUT2D eigenvalue weighted by Crippen LogP contribution is -2.19. The molecule has 1 aromatic carbocycles. The molecule has 0 aliphatic heterocycles. The van der Waals surface area contributed by atoms with Gasteiger partial charge in [-0.3, -0.25) is 4.98 Å². The first-order valence-corrected chi connectivity index (χ1v) is 6.42. The summed E-state index contributed by atoms with van der Waals surface area (Å²) in [5.41, 5.74) is 3.12. The van der Waals surface area contributed by atoms with E-state index >= 15 is 0 Å². The summed E-state index contributed by atoms with van der Waals surface area (Å²) in [5, 5.41) is 4.56. The van der Waals surface area contributed by atoms with Crippen molar-refractivity contribution in [2.75, 3.05) is 7.05 Å². The second-order valence-electron chi connectivity index (χ2n) is 4.09. The first-order chi connectivity index (χ1) is 8.65. The van der Waals surface area contributed by atoms with Gasteiger partial charge in [0.2, 0.25) is 0 Å². The number of hydrogen-bond acceptors (Lipinski definition) is 2. The molecule has 0 bridgehead atoms. The van der Waals surface area contributed by atoms with Crippen LogP contribution in [-0.4, -0.2) is 12.0 Å². The van der Waals surface area contributed by atoms with Gasteiger partial charge in [0.1, 0.15) is 0 Å². The lowest BCUT2D eigenvalue weighted by molar-refractivity contribution is 0.684. The molecule has 0 spiro atoms. The van der Waals surface area contributed by atoms with E-state index in [2.05, 4.69) is 10.3 Å². The van der Waals surface area contributed by atoms with Crippen LogP contribution in [0.5, 0.6) is 0 Å². The maximum absolute atomic E-state index is 6.26. The number of benzene rings is 1. The molecule has 4 heteroatoms. The van der Waals surface area contributed by atoms with Gasteiger partial charge in [0, 0.05) is 28.0 Å². The fraction of sp³-hybridized carbons (Fsp3) is 0.214. The van der Waals surface area contributed by atoms with Gasteiger partial charge in [-0.1, -0.05) is 29.3 Å². The molecule has 1 aromatic heterocycles. The van der Waals surface area contributed by atoms with Crippen molar-refractivity contribution in [1.29, 1.82) is 0 Å². The predicted octanol–water partition coefficient (Wildman–Crippen LogP) is 4.01. The number of aryl methyl sites for hydroxylation is 1. The summed E-state index contributed by atoms with van der Waals surface area (Å²) in [4.78, 5) is 4.17. The largest absolute Gasteiger partial charge is 0.309 e. The minimum Gasteiger partial charge on any atom is -0.309 e. The highest BCUT2D eigenvalue weighted by Gasteiger charge is 2.19. The Hall–Kier alpha value is -1.09. The van der Waals surface area contributed by atoms with Gasteiger partial charge in [-0.2, -0.15) is 0 Å². The van der Waals surface area contributed by atoms with Crippen molar-refractivity contribution < 1.29 is 0 Å². The monoisotopic (exact) mass is 280 g/mol. The Morgan fingerprint density at radius 1 is 1.17 bits per heavy atom. The van der Waals surface area contributed by atoms with Gasteiger partial charge in [-0.05, 0) is 43.3 Å². The van der Waals surface area contributed by atoms with E-state index in [9.17, 15) is 0 Å². The molecule has 0 saturated carbocycles. The fourth-order valence-electron chi connectivity index (χ4n) is 2.02. The number of nitrogens with one attached hydrogen (secondary N) is 1. The van der Waals surface area contributed by atoms with Crippen molar-refractivity contribution in [2.24, 2.45) is 0 Å².